The SMILES string of the molecule is Cc1ccc(OC(=O)NOC(=O)c2ccccc2C(=O)ONC(=O)Oc2ccc(C)cc2)cc1. The number of hydroxylamine groups is 2. The van der Waals surface area contributed by atoms with Crippen LogP contribution in [0.5, 0.6) is 11.5 Å². The topological polar surface area (TPSA) is 129 Å². The monoisotopic (exact) mass is 464 g/mol. The van der Waals surface area contributed by atoms with Crippen molar-refractivity contribution >= 4 is 24.1 Å². The van der Waals surface area contributed by atoms with Crippen LogP contribution in [0.2, 0.25) is 0 Å². The van der Waals surface area contributed by atoms with E-state index in [-0.39, 0.29) is 22.6 Å². The van der Waals surface area contributed by atoms with E-state index < -0.39 is 24.1 Å². The molecule has 0 bridgehead atoms. The van der Waals surface area contributed by atoms with Gasteiger partial charge in [0.1, 0.15) is 11.5 Å². The van der Waals surface area contributed by atoms with E-state index in [4.69, 9.17) is 19.1 Å². The quantitative estimate of drug-likeness (QED) is 0.554. The number of rotatable bonds is 4. The van der Waals surface area contributed by atoms with Crippen molar-refractivity contribution < 1.29 is 38.3 Å². The molecule has 0 saturated carbocycles. The highest BCUT2D eigenvalue weighted by Gasteiger charge is 2.21. The molecule has 0 aliphatic carbocycles. The Morgan fingerprint density at radius 3 is 1.26 bits per heavy atom. The standard InChI is InChI=1S/C24H20N2O8/c1-15-7-11-17(12-8-15)31-23(29)25-33-21(27)19-5-3-4-6-20(19)22(28)34-26-24(30)32-18-13-9-16(2)10-14-18/h3-14H,1-2H3,(H,25,29)(H,26,30). The maximum atomic E-state index is 12.4. The number of hydrogen-bond donors (Lipinski definition) is 2. The van der Waals surface area contributed by atoms with Crippen LogP contribution in [0.1, 0.15) is 31.8 Å². The molecule has 0 aliphatic heterocycles. The second-order valence-electron chi connectivity index (χ2n) is 6.93. The predicted octanol–water partition coefficient (Wildman–Crippen LogP) is 4.02. The number of carbonyl (C=O) groups excluding carboxylic acids is 4. The van der Waals surface area contributed by atoms with Gasteiger partial charge in [-0.15, -0.1) is 11.0 Å². The first-order valence-electron chi connectivity index (χ1n) is 9.92. The zero-order valence-corrected chi connectivity index (χ0v) is 18.2. The number of hydrogen-bond acceptors (Lipinski definition) is 8. The molecule has 0 atom stereocenters. The normalized spacial score (nSPS) is 9.94. The van der Waals surface area contributed by atoms with E-state index >= 15 is 0 Å². The van der Waals surface area contributed by atoms with Gasteiger partial charge in [-0.2, -0.15) is 0 Å². The second-order valence-corrected chi connectivity index (χ2v) is 6.93. The molecule has 0 aliphatic rings. The fourth-order valence-corrected chi connectivity index (χ4v) is 2.59. The molecule has 3 aromatic carbocycles. The summed E-state index contributed by atoms with van der Waals surface area (Å²) in [6.45, 7) is 3.74. The minimum Gasteiger partial charge on any atom is -0.408 e. The Labute approximate surface area is 194 Å². The Morgan fingerprint density at radius 2 is 0.912 bits per heavy atom. The van der Waals surface area contributed by atoms with E-state index in [9.17, 15) is 19.2 Å². The summed E-state index contributed by atoms with van der Waals surface area (Å²) in [5.74, 6) is -1.63. The van der Waals surface area contributed by atoms with E-state index in [0.29, 0.717) is 0 Å². The second kappa shape index (κ2) is 11.1. The Hall–Kier alpha value is -4.86. The number of aryl methyl sites for hydroxylation is 2. The van der Waals surface area contributed by atoms with Crippen LogP contribution in [-0.2, 0) is 9.68 Å². The van der Waals surface area contributed by atoms with E-state index in [2.05, 4.69) is 0 Å². The number of benzene rings is 3. The highest BCUT2D eigenvalue weighted by Crippen LogP contribution is 2.14. The predicted molar refractivity (Wildman–Crippen MR) is 118 cm³/mol. The lowest BCUT2D eigenvalue weighted by Gasteiger charge is -2.10. The molecule has 0 aromatic heterocycles. The van der Waals surface area contributed by atoms with E-state index in [1.807, 2.05) is 24.8 Å². The van der Waals surface area contributed by atoms with Crippen LogP contribution in [0.3, 0.4) is 0 Å². The molecule has 2 N–H and O–H groups in total. The van der Waals surface area contributed by atoms with Gasteiger partial charge >= 0.3 is 24.1 Å². The summed E-state index contributed by atoms with van der Waals surface area (Å²) in [5.41, 5.74) is 5.17. The fourth-order valence-electron chi connectivity index (χ4n) is 2.59. The molecule has 0 spiro atoms. The van der Waals surface area contributed by atoms with Crippen LogP contribution in [0.25, 0.3) is 0 Å². The van der Waals surface area contributed by atoms with Crippen molar-refractivity contribution in [3.05, 3.63) is 95.1 Å². The van der Waals surface area contributed by atoms with Crippen molar-refractivity contribution in [3.8, 4) is 11.5 Å². The van der Waals surface area contributed by atoms with Crippen molar-refractivity contribution in [3.63, 3.8) is 0 Å². The van der Waals surface area contributed by atoms with Crippen molar-refractivity contribution in [2.45, 2.75) is 13.8 Å². The van der Waals surface area contributed by atoms with Crippen LogP contribution in [0.15, 0.2) is 72.8 Å². The Kier molecular flexibility index (Phi) is 7.79. The number of carbonyl (C=O) groups is 4. The van der Waals surface area contributed by atoms with Gasteiger partial charge in [0.25, 0.3) is 0 Å². The third-order valence-corrected chi connectivity index (χ3v) is 4.28. The number of amides is 2. The van der Waals surface area contributed by atoms with Gasteiger partial charge < -0.3 is 19.1 Å². The summed E-state index contributed by atoms with van der Waals surface area (Å²) in [6, 6.07) is 18.7. The summed E-state index contributed by atoms with van der Waals surface area (Å²) in [5, 5.41) is 0. The molecule has 34 heavy (non-hydrogen) atoms. The maximum absolute atomic E-state index is 12.4. The maximum Gasteiger partial charge on any atom is 0.446 e. The summed E-state index contributed by atoms with van der Waals surface area (Å²) >= 11 is 0. The first-order valence-corrected chi connectivity index (χ1v) is 9.92. The van der Waals surface area contributed by atoms with Gasteiger partial charge in [-0.1, -0.05) is 47.5 Å². The lowest BCUT2D eigenvalue weighted by molar-refractivity contribution is 0.0234. The van der Waals surface area contributed by atoms with E-state index in [0.717, 1.165) is 11.1 Å². The van der Waals surface area contributed by atoms with Gasteiger partial charge in [0.2, 0.25) is 0 Å². The average Bonchev–Trinajstić information content (AvgIpc) is 2.84. The van der Waals surface area contributed by atoms with Crippen LogP contribution in [0.4, 0.5) is 9.59 Å². The number of nitrogens with one attached hydrogen (secondary N) is 2. The zero-order valence-electron chi connectivity index (χ0n) is 18.2. The Balaban J connectivity index is 1.54. The zero-order chi connectivity index (χ0) is 24.5. The lowest BCUT2D eigenvalue weighted by atomic mass is 10.1. The fraction of sp³-hybridized carbons (Fsp3) is 0.0833. The van der Waals surface area contributed by atoms with Crippen LogP contribution < -0.4 is 20.4 Å². The van der Waals surface area contributed by atoms with Gasteiger partial charge in [-0.05, 0) is 50.2 Å². The molecule has 0 fully saturated rings. The van der Waals surface area contributed by atoms with Crippen molar-refractivity contribution in [2.75, 3.05) is 0 Å². The Bertz CT molecular complexity index is 1100. The van der Waals surface area contributed by atoms with Gasteiger partial charge in [-0.3, -0.25) is 0 Å². The molecule has 0 unspecified atom stereocenters. The third-order valence-electron chi connectivity index (χ3n) is 4.28. The molecule has 10 heteroatoms. The molecule has 0 saturated heterocycles. The summed E-state index contributed by atoms with van der Waals surface area (Å²) < 4.78 is 9.95. The van der Waals surface area contributed by atoms with Crippen LogP contribution in [-0.4, -0.2) is 24.1 Å². The van der Waals surface area contributed by atoms with Gasteiger partial charge in [-0.25, -0.2) is 19.2 Å². The van der Waals surface area contributed by atoms with Gasteiger partial charge in [0.15, 0.2) is 0 Å². The van der Waals surface area contributed by atoms with E-state index in [1.54, 1.807) is 48.5 Å². The summed E-state index contributed by atoms with van der Waals surface area (Å²) in [4.78, 5) is 57.8. The van der Waals surface area contributed by atoms with Crippen LogP contribution >= 0.6 is 0 Å². The van der Waals surface area contributed by atoms with Crippen molar-refractivity contribution in [1.82, 2.24) is 11.0 Å². The largest absolute Gasteiger partial charge is 0.446 e. The highest BCUT2D eigenvalue weighted by atomic mass is 16.7. The van der Waals surface area contributed by atoms with Crippen molar-refractivity contribution in [1.29, 1.82) is 0 Å². The third kappa shape index (κ3) is 6.82. The Morgan fingerprint density at radius 1 is 0.559 bits per heavy atom. The molecule has 0 radical (unpaired) electrons. The van der Waals surface area contributed by atoms with Gasteiger partial charge in [0.05, 0.1) is 11.1 Å². The molecular formula is C24H20N2O8. The van der Waals surface area contributed by atoms with Crippen molar-refractivity contribution in [2.24, 2.45) is 0 Å². The summed E-state index contributed by atoms with van der Waals surface area (Å²) in [6.07, 6.45) is -2.09. The first-order chi connectivity index (χ1) is 16.3. The minimum atomic E-state index is -1.06. The highest BCUT2D eigenvalue weighted by molar-refractivity contribution is 6.03. The molecule has 0 heterocycles. The first kappa shape index (κ1) is 23.8. The molecular weight excluding hydrogens is 444 g/mol. The molecule has 3 rings (SSSR count). The summed E-state index contributed by atoms with van der Waals surface area (Å²) in [7, 11) is 0. The smallest absolute Gasteiger partial charge is 0.408 e. The number of ether oxygens (including phenoxy) is 2. The van der Waals surface area contributed by atoms with E-state index in [1.165, 1.54) is 24.3 Å². The molecule has 174 valence electrons. The molecule has 2 amide bonds. The van der Waals surface area contributed by atoms with Crippen LogP contribution in [0, 0.1) is 13.8 Å². The average molecular weight is 464 g/mol. The van der Waals surface area contributed by atoms with Gasteiger partial charge in [0, 0.05) is 0 Å². The molecule has 10 nitrogen and oxygen atoms in total. The lowest BCUT2D eigenvalue weighted by Crippen LogP contribution is -2.32. The molecule has 3 aromatic rings. The minimum absolute atomic E-state index is 0.225.